The summed E-state index contributed by atoms with van der Waals surface area (Å²) in [6.45, 7) is 1.38. The van der Waals surface area contributed by atoms with Crippen molar-refractivity contribution in [2.75, 3.05) is 13.1 Å². The van der Waals surface area contributed by atoms with E-state index in [1.807, 2.05) is 47.4 Å². The van der Waals surface area contributed by atoms with Gasteiger partial charge in [-0.15, -0.1) is 0 Å². The number of piperidine rings is 1. The molecule has 4 rings (SSSR count). The van der Waals surface area contributed by atoms with Gasteiger partial charge >= 0.3 is 0 Å². The predicted molar refractivity (Wildman–Crippen MR) is 99.1 cm³/mol. The summed E-state index contributed by atoms with van der Waals surface area (Å²) >= 11 is 5.91. The zero-order valence-electron chi connectivity index (χ0n) is 14.1. The van der Waals surface area contributed by atoms with Crippen LogP contribution in [0.3, 0.4) is 0 Å². The van der Waals surface area contributed by atoms with Crippen molar-refractivity contribution in [3.8, 4) is 11.4 Å². The summed E-state index contributed by atoms with van der Waals surface area (Å²) < 4.78 is 5.47. The number of benzene rings is 2. The van der Waals surface area contributed by atoms with Gasteiger partial charge in [0.1, 0.15) is 0 Å². The van der Waals surface area contributed by atoms with Crippen LogP contribution >= 0.6 is 11.6 Å². The van der Waals surface area contributed by atoms with E-state index < -0.39 is 0 Å². The molecule has 1 aliphatic heterocycles. The first-order valence-electron chi connectivity index (χ1n) is 8.64. The van der Waals surface area contributed by atoms with Crippen molar-refractivity contribution in [1.29, 1.82) is 0 Å². The molecule has 132 valence electrons. The maximum atomic E-state index is 12.5. The summed E-state index contributed by atoms with van der Waals surface area (Å²) in [5.74, 6) is 1.47. The van der Waals surface area contributed by atoms with Crippen LogP contribution in [0.5, 0.6) is 0 Å². The lowest BCUT2D eigenvalue weighted by molar-refractivity contribution is 0.0704. The summed E-state index contributed by atoms with van der Waals surface area (Å²) in [5.41, 5.74) is 1.61. The van der Waals surface area contributed by atoms with E-state index >= 15 is 0 Å². The lowest BCUT2D eigenvalue weighted by Gasteiger charge is -2.30. The highest BCUT2D eigenvalue weighted by Crippen LogP contribution is 2.29. The summed E-state index contributed by atoms with van der Waals surface area (Å²) in [7, 11) is 0. The fraction of sp³-hybridized carbons (Fsp3) is 0.250. The maximum absolute atomic E-state index is 12.5. The van der Waals surface area contributed by atoms with Crippen molar-refractivity contribution in [2.45, 2.75) is 18.8 Å². The van der Waals surface area contributed by atoms with E-state index in [4.69, 9.17) is 16.1 Å². The highest BCUT2D eigenvalue weighted by Gasteiger charge is 2.28. The fourth-order valence-corrected chi connectivity index (χ4v) is 3.34. The lowest BCUT2D eigenvalue weighted by Crippen LogP contribution is -2.37. The van der Waals surface area contributed by atoms with Gasteiger partial charge in [0.05, 0.1) is 0 Å². The highest BCUT2D eigenvalue weighted by molar-refractivity contribution is 6.30. The van der Waals surface area contributed by atoms with Crippen LogP contribution in [-0.4, -0.2) is 34.0 Å². The van der Waals surface area contributed by atoms with Crippen LogP contribution in [0.1, 0.15) is 35.0 Å². The second-order valence-corrected chi connectivity index (χ2v) is 6.83. The Morgan fingerprint density at radius 2 is 1.73 bits per heavy atom. The van der Waals surface area contributed by atoms with Gasteiger partial charge in [-0.2, -0.15) is 4.98 Å². The van der Waals surface area contributed by atoms with Gasteiger partial charge in [-0.25, -0.2) is 0 Å². The van der Waals surface area contributed by atoms with Crippen molar-refractivity contribution in [1.82, 2.24) is 15.0 Å². The molecule has 26 heavy (non-hydrogen) atoms. The molecule has 2 aromatic carbocycles. The highest BCUT2D eigenvalue weighted by atomic mass is 35.5. The molecule has 0 spiro atoms. The van der Waals surface area contributed by atoms with Crippen LogP contribution in [0.2, 0.25) is 5.02 Å². The quantitative estimate of drug-likeness (QED) is 0.688. The first kappa shape index (κ1) is 16.8. The van der Waals surface area contributed by atoms with E-state index in [9.17, 15) is 4.79 Å². The van der Waals surface area contributed by atoms with Crippen LogP contribution in [0, 0.1) is 0 Å². The minimum absolute atomic E-state index is 0.0800. The molecule has 0 N–H and O–H groups in total. The SMILES string of the molecule is O=C(c1ccccc1)N1CCC(c2nc(-c3ccc(Cl)cc3)no2)CC1. The summed E-state index contributed by atoms with van der Waals surface area (Å²) in [5, 5.41) is 4.76. The van der Waals surface area contributed by atoms with Gasteiger partial charge in [0.25, 0.3) is 5.91 Å². The number of aromatic nitrogens is 2. The smallest absolute Gasteiger partial charge is 0.253 e. The van der Waals surface area contributed by atoms with Crippen molar-refractivity contribution in [2.24, 2.45) is 0 Å². The zero-order valence-corrected chi connectivity index (χ0v) is 14.9. The van der Waals surface area contributed by atoms with Crippen molar-refractivity contribution >= 4 is 17.5 Å². The molecule has 1 amide bonds. The second kappa shape index (κ2) is 7.30. The van der Waals surface area contributed by atoms with Crippen LogP contribution in [0.4, 0.5) is 0 Å². The van der Waals surface area contributed by atoms with Gasteiger partial charge in [-0.1, -0.05) is 35.0 Å². The number of rotatable bonds is 3. The minimum atomic E-state index is 0.0800. The molecule has 5 nitrogen and oxygen atoms in total. The molecule has 6 heteroatoms. The molecule has 0 radical (unpaired) electrons. The first-order chi connectivity index (χ1) is 12.7. The molecule has 0 unspecified atom stereocenters. The van der Waals surface area contributed by atoms with Gasteiger partial charge in [-0.3, -0.25) is 4.79 Å². The number of carbonyl (C=O) groups is 1. The van der Waals surface area contributed by atoms with Crippen LogP contribution < -0.4 is 0 Å². The molecular weight excluding hydrogens is 350 g/mol. The van der Waals surface area contributed by atoms with Gasteiger partial charge in [-0.05, 0) is 49.2 Å². The lowest BCUT2D eigenvalue weighted by atomic mass is 9.96. The van der Waals surface area contributed by atoms with Gasteiger partial charge in [0.15, 0.2) is 0 Å². The number of likely N-dealkylation sites (tertiary alicyclic amines) is 1. The fourth-order valence-electron chi connectivity index (χ4n) is 3.21. The summed E-state index contributed by atoms with van der Waals surface area (Å²) in [6.07, 6.45) is 1.64. The molecule has 0 aliphatic carbocycles. The monoisotopic (exact) mass is 367 g/mol. The van der Waals surface area contributed by atoms with E-state index in [-0.39, 0.29) is 11.8 Å². The number of hydrogen-bond donors (Lipinski definition) is 0. The summed E-state index contributed by atoms with van der Waals surface area (Å²) in [6, 6.07) is 16.7. The average Bonchev–Trinajstić information content (AvgIpc) is 3.19. The Hall–Kier alpha value is -2.66. The van der Waals surface area contributed by atoms with Crippen LogP contribution in [-0.2, 0) is 0 Å². The van der Waals surface area contributed by atoms with Crippen molar-refractivity contribution in [3.05, 3.63) is 71.1 Å². The third-order valence-corrected chi connectivity index (χ3v) is 4.95. The Labute approximate surface area is 156 Å². The van der Waals surface area contributed by atoms with E-state index in [0.717, 1.165) is 24.0 Å². The second-order valence-electron chi connectivity index (χ2n) is 6.40. The largest absolute Gasteiger partial charge is 0.339 e. The van der Waals surface area contributed by atoms with Gasteiger partial charge in [0.2, 0.25) is 11.7 Å². The maximum Gasteiger partial charge on any atom is 0.253 e. The molecule has 1 aliphatic rings. The molecule has 1 aromatic heterocycles. The molecule has 3 aromatic rings. The Kier molecular flexibility index (Phi) is 4.71. The van der Waals surface area contributed by atoms with Crippen molar-refractivity contribution < 1.29 is 9.32 Å². The Morgan fingerprint density at radius 3 is 2.42 bits per heavy atom. The number of nitrogens with zero attached hydrogens (tertiary/aromatic N) is 3. The first-order valence-corrected chi connectivity index (χ1v) is 9.02. The van der Waals surface area contributed by atoms with E-state index in [2.05, 4.69) is 10.1 Å². The van der Waals surface area contributed by atoms with Gasteiger partial charge in [0, 0.05) is 35.2 Å². The van der Waals surface area contributed by atoms with E-state index in [1.165, 1.54) is 0 Å². The van der Waals surface area contributed by atoms with Crippen LogP contribution in [0.15, 0.2) is 59.1 Å². The third kappa shape index (κ3) is 3.48. The van der Waals surface area contributed by atoms with E-state index in [1.54, 1.807) is 12.1 Å². The molecule has 0 atom stereocenters. The minimum Gasteiger partial charge on any atom is -0.339 e. The number of amides is 1. The van der Waals surface area contributed by atoms with Gasteiger partial charge < -0.3 is 9.42 Å². The predicted octanol–water partition coefficient (Wildman–Crippen LogP) is 4.41. The third-order valence-electron chi connectivity index (χ3n) is 4.70. The molecule has 1 saturated heterocycles. The molecule has 0 bridgehead atoms. The standard InChI is InChI=1S/C20H18ClN3O2/c21-17-8-6-14(7-9-17)18-22-19(26-23-18)15-10-12-24(13-11-15)20(25)16-4-2-1-3-5-16/h1-9,15H,10-13H2. The summed E-state index contributed by atoms with van der Waals surface area (Å²) in [4.78, 5) is 19.0. The topological polar surface area (TPSA) is 59.2 Å². The average molecular weight is 368 g/mol. The number of hydrogen-bond acceptors (Lipinski definition) is 4. The molecular formula is C20H18ClN3O2. The number of carbonyl (C=O) groups excluding carboxylic acids is 1. The Morgan fingerprint density at radius 1 is 1.04 bits per heavy atom. The molecule has 2 heterocycles. The van der Waals surface area contributed by atoms with Crippen LogP contribution in [0.25, 0.3) is 11.4 Å². The molecule has 0 saturated carbocycles. The number of halogens is 1. The molecule has 1 fully saturated rings. The van der Waals surface area contributed by atoms with Crippen molar-refractivity contribution in [3.63, 3.8) is 0 Å². The Balaban J connectivity index is 1.41. The Bertz CT molecular complexity index is 885. The normalized spacial score (nSPS) is 15.2. The zero-order chi connectivity index (χ0) is 17.9. The van der Waals surface area contributed by atoms with E-state index in [0.29, 0.717) is 29.8 Å².